The third-order valence-corrected chi connectivity index (χ3v) is 3.45. The number of aliphatic hydroxyl groups is 1. The minimum Gasteiger partial charge on any atom is -0.496 e. The number of hydrogen-bond acceptors (Lipinski definition) is 4. The lowest BCUT2D eigenvalue weighted by molar-refractivity contribution is 0.296. The van der Waals surface area contributed by atoms with E-state index in [0.717, 1.165) is 33.9 Å². The first-order valence-electron chi connectivity index (χ1n) is 6.97. The number of rotatable bonds is 6. The highest BCUT2D eigenvalue weighted by molar-refractivity contribution is 5.41. The second-order valence-corrected chi connectivity index (χ2v) is 4.95. The largest absolute Gasteiger partial charge is 0.496 e. The number of aryl methyl sites for hydroxylation is 1. The number of methoxy groups -OCH3 is 1. The lowest BCUT2D eigenvalue weighted by Gasteiger charge is -2.13. The van der Waals surface area contributed by atoms with Crippen molar-refractivity contribution in [1.29, 1.82) is 0 Å². The van der Waals surface area contributed by atoms with E-state index in [1.807, 2.05) is 38.1 Å². The van der Waals surface area contributed by atoms with Crippen molar-refractivity contribution in [2.75, 3.05) is 13.7 Å². The number of hydrogen-bond donors (Lipinski definition) is 1. The van der Waals surface area contributed by atoms with Gasteiger partial charge in [0, 0.05) is 23.9 Å². The predicted molar refractivity (Wildman–Crippen MR) is 81.8 cm³/mol. The number of pyridine rings is 1. The molecule has 0 aliphatic heterocycles. The lowest BCUT2D eigenvalue weighted by Crippen LogP contribution is -2.04. The van der Waals surface area contributed by atoms with Gasteiger partial charge in [-0.2, -0.15) is 0 Å². The van der Waals surface area contributed by atoms with Crippen molar-refractivity contribution in [3.05, 3.63) is 52.8 Å². The van der Waals surface area contributed by atoms with E-state index >= 15 is 0 Å². The Morgan fingerprint density at radius 1 is 1.14 bits per heavy atom. The maximum atomic E-state index is 8.89. The fraction of sp³-hybridized carbons (Fsp3) is 0.353. The summed E-state index contributed by atoms with van der Waals surface area (Å²) in [5.74, 6) is 1.65. The monoisotopic (exact) mass is 287 g/mol. The summed E-state index contributed by atoms with van der Waals surface area (Å²) < 4.78 is 11.2. The number of ether oxygens (including phenoxy) is 2. The van der Waals surface area contributed by atoms with Gasteiger partial charge in [-0.05, 0) is 38.0 Å². The van der Waals surface area contributed by atoms with E-state index in [1.165, 1.54) is 0 Å². The standard InChI is InChI=1S/C17H21NO3/c1-12-10-18-16(13(2)17(12)20-3)11-21-15-6-4-14(5-7-15)8-9-19/h4-7,10,19H,8-9,11H2,1-3H3. The van der Waals surface area contributed by atoms with Crippen molar-refractivity contribution in [1.82, 2.24) is 4.98 Å². The SMILES string of the molecule is COc1c(C)cnc(COc2ccc(CCO)cc2)c1C. The highest BCUT2D eigenvalue weighted by atomic mass is 16.5. The third kappa shape index (κ3) is 3.73. The van der Waals surface area contributed by atoms with Gasteiger partial charge in [-0.15, -0.1) is 0 Å². The van der Waals surface area contributed by atoms with Crippen molar-refractivity contribution in [2.24, 2.45) is 0 Å². The fourth-order valence-electron chi connectivity index (χ4n) is 2.25. The number of aromatic nitrogens is 1. The Bertz CT molecular complexity index is 594. The van der Waals surface area contributed by atoms with Crippen LogP contribution in [0.15, 0.2) is 30.5 Å². The molecule has 21 heavy (non-hydrogen) atoms. The molecule has 112 valence electrons. The molecule has 2 aromatic rings. The second-order valence-electron chi connectivity index (χ2n) is 4.95. The summed E-state index contributed by atoms with van der Waals surface area (Å²) in [4.78, 5) is 4.41. The molecule has 1 N–H and O–H groups in total. The molecule has 0 spiro atoms. The Morgan fingerprint density at radius 3 is 2.48 bits per heavy atom. The van der Waals surface area contributed by atoms with Gasteiger partial charge in [0.25, 0.3) is 0 Å². The molecule has 1 heterocycles. The van der Waals surface area contributed by atoms with Gasteiger partial charge in [0.2, 0.25) is 0 Å². The van der Waals surface area contributed by atoms with E-state index in [2.05, 4.69) is 4.98 Å². The second kappa shape index (κ2) is 7.09. The Kier molecular flexibility index (Phi) is 5.17. The molecule has 0 saturated carbocycles. The summed E-state index contributed by atoms with van der Waals surface area (Å²) in [6, 6.07) is 7.74. The average Bonchev–Trinajstić information content (AvgIpc) is 2.49. The fourth-order valence-corrected chi connectivity index (χ4v) is 2.25. The third-order valence-electron chi connectivity index (χ3n) is 3.45. The molecule has 2 rings (SSSR count). The normalized spacial score (nSPS) is 10.5. The minimum atomic E-state index is 0.159. The zero-order valence-corrected chi connectivity index (χ0v) is 12.7. The van der Waals surface area contributed by atoms with Gasteiger partial charge in [-0.3, -0.25) is 4.98 Å². The summed E-state index contributed by atoms with van der Waals surface area (Å²) >= 11 is 0. The maximum Gasteiger partial charge on any atom is 0.131 e. The molecule has 0 amide bonds. The average molecular weight is 287 g/mol. The molecule has 0 atom stereocenters. The Morgan fingerprint density at radius 2 is 1.86 bits per heavy atom. The molecule has 0 aliphatic rings. The maximum absolute atomic E-state index is 8.89. The van der Waals surface area contributed by atoms with Crippen molar-refractivity contribution < 1.29 is 14.6 Å². The van der Waals surface area contributed by atoms with E-state index in [4.69, 9.17) is 14.6 Å². The van der Waals surface area contributed by atoms with E-state index in [0.29, 0.717) is 13.0 Å². The van der Waals surface area contributed by atoms with Gasteiger partial charge >= 0.3 is 0 Å². The van der Waals surface area contributed by atoms with Crippen molar-refractivity contribution in [2.45, 2.75) is 26.9 Å². The quantitative estimate of drug-likeness (QED) is 0.887. The highest BCUT2D eigenvalue weighted by Gasteiger charge is 2.09. The van der Waals surface area contributed by atoms with Crippen molar-refractivity contribution in [3.63, 3.8) is 0 Å². The van der Waals surface area contributed by atoms with Crippen LogP contribution in [-0.4, -0.2) is 23.8 Å². The van der Waals surface area contributed by atoms with Crippen LogP contribution in [-0.2, 0) is 13.0 Å². The van der Waals surface area contributed by atoms with Crippen LogP contribution in [0.2, 0.25) is 0 Å². The molecule has 0 bridgehead atoms. The van der Waals surface area contributed by atoms with Crippen LogP contribution in [0.1, 0.15) is 22.4 Å². The van der Waals surface area contributed by atoms with E-state index in [-0.39, 0.29) is 6.61 Å². The van der Waals surface area contributed by atoms with Gasteiger partial charge in [-0.25, -0.2) is 0 Å². The van der Waals surface area contributed by atoms with Crippen molar-refractivity contribution in [3.8, 4) is 11.5 Å². The number of aliphatic hydroxyl groups excluding tert-OH is 1. The molecule has 4 heteroatoms. The molecule has 0 radical (unpaired) electrons. The number of benzene rings is 1. The van der Waals surface area contributed by atoms with E-state index in [9.17, 15) is 0 Å². The van der Waals surface area contributed by atoms with Crippen molar-refractivity contribution >= 4 is 0 Å². The Balaban J connectivity index is 2.06. The highest BCUT2D eigenvalue weighted by Crippen LogP contribution is 2.25. The van der Waals surface area contributed by atoms with Gasteiger partial charge < -0.3 is 14.6 Å². The first kappa shape index (κ1) is 15.3. The topological polar surface area (TPSA) is 51.6 Å². The smallest absolute Gasteiger partial charge is 0.131 e. The summed E-state index contributed by atoms with van der Waals surface area (Å²) in [7, 11) is 1.67. The summed E-state index contributed by atoms with van der Waals surface area (Å²) in [5.41, 5.74) is 3.99. The van der Waals surface area contributed by atoms with Crippen LogP contribution in [0.3, 0.4) is 0 Å². The molecule has 0 saturated heterocycles. The van der Waals surface area contributed by atoms with Crippen LogP contribution in [0, 0.1) is 13.8 Å². The van der Waals surface area contributed by atoms with Crippen LogP contribution >= 0.6 is 0 Å². The molecule has 0 aliphatic carbocycles. The molecule has 0 unspecified atom stereocenters. The van der Waals surface area contributed by atoms with Crippen LogP contribution < -0.4 is 9.47 Å². The Hall–Kier alpha value is -2.07. The van der Waals surface area contributed by atoms with Crippen LogP contribution in [0.25, 0.3) is 0 Å². The van der Waals surface area contributed by atoms with Crippen LogP contribution in [0.5, 0.6) is 11.5 Å². The molecule has 1 aromatic heterocycles. The molecular weight excluding hydrogens is 266 g/mol. The van der Waals surface area contributed by atoms with Crippen LogP contribution in [0.4, 0.5) is 0 Å². The summed E-state index contributed by atoms with van der Waals surface area (Å²) in [6.07, 6.45) is 2.46. The first-order chi connectivity index (χ1) is 10.2. The zero-order valence-electron chi connectivity index (χ0n) is 12.7. The molecule has 0 fully saturated rings. The zero-order chi connectivity index (χ0) is 15.2. The molecular formula is C17H21NO3. The van der Waals surface area contributed by atoms with E-state index in [1.54, 1.807) is 13.3 Å². The Labute approximate surface area is 125 Å². The summed E-state index contributed by atoms with van der Waals surface area (Å²) in [5, 5.41) is 8.89. The van der Waals surface area contributed by atoms with Gasteiger partial charge in [0.1, 0.15) is 18.1 Å². The predicted octanol–water partition coefficient (Wildman–Crippen LogP) is 2.82. The van der Waals surface area contributed by atoms with Gasteiger partial charge in [0.15, 0.2) is 0 Å². The first-order valence-corrected chi connectivity index (χ1v) is 6.97. The lowest BCUT2D eigenvalue weighted by atomic mass is 10.1. The van der Waals surface area contributed by atoms with Gasteiger partial charge in [0.05, 0.1) is 12.8 Å². The van der Waals surface area contributed by atoms with E-state index < -0.39 is 0 Å². The number of nitrogens with zero attached hydrogens (tertiary/aromatic N) is 1. The minimum absolute atomic E-state index is 0.159. The van der Waals surface area contributed by atoms with Gasteiger partial charge in [-0.1, -0.05) is 12.1 Å². The molecule has 4 nitrogen and oxygen atoms in total. The summed E-state index contributed by atoms with van der Waals surface area (Å²) in [6.45, 7) is 4.53. The molecule has 1 aromatic carbocycles.